The quantitative estimate of drug-likeness (QED) is 0.456. The molecule has 150 valence electrons. The van der Waals surface area contributed by atoms with Crippen LogP contribution in [0.2, 0.25) is 0 Å². The van der Waals surface area contributed by atoms with Crippen LogP contribution in [-0.4, -0.2) is 62.1 Å². The van der Waals surface area contributed by atoms with E-state index in [2.05, 4.69) is 32.8 Å². The number of rotatable bonds is 8. The summed E-state index contributed by atoms with van der Waals surface area (Å²) in [6.07, 6.45) is 11.8. The lowest BCUT2D eigenvalue weighted by atomic mass is 9.95. The second-order valence-corrected chi connectivity index (χ2v) is 7.67. The van der Waals surface area contributed by atoms with E-state index in [-0.39, 0.29) is 5.91 Å². The summed E-state index contributed by atoms with van der Waals surface area (Å²) in [6.45, 7) is 6.08. The highest BCUT2D eigenvalue weighted by atomic mass is 16.1. The van der Waals surface area contributed by atoms with Crippen molar-refractivity contribution >= 4 is 11.9 Å². The molecule has 2 fully saturated rings. The summed E-state index contributed by atoms with van der Waals surface area (Å²) >= 11 is 0. The monoisotopic (exact) mass is 365 g/mol. The van der Waals surface area contributed by atoms with Gasteiger partial charge in [-0.1, -0.05) is 32.6 Å². The lowest BCUT2D eigenvalue weighted by Gasteiger charge is -2.35. The maximum absolute atomic E-state index is 12.1. The molecule has 0 aromatic rings. The molecule has 6 heteroatoms. The Morgan fingerprint density at radius 3 is 2.50 bits per heavy atom. The molecule has 0 aromatic carbocycles. The van der Waals surface area contributed by atoms with Crippen molar-refractivity contribution in [3.63, 3.8) is 0 Å². The summed E-state index contributed by atoms with van der Waals surface area (Å²) in [4.78, 5) is 18.9. The first-order valence-electron chi connectivity index (χ1n) is 10.7. The molecule has 0 spiro atoms. The van der Waals surface area contributed by atoms with E-state index < -0.39 is 0 Å². The van der Waals surface area contributed by atoms with Crippen molar-refractivity contribution in [2.75, 3.05) is 33.2 Å². The molecule has 0 bridgehead atoms. The summed E-state index contributed by atoms with van der Waals surface area (Å²) in [5.74, 6) is 0.944. The van der Waals surface area contributed by atoms with E-state index in [9.17, 15) is 4.79 Å². The Labute approximate surface area is 159 Å². The van der Waals surface area contributed by atoms with Crippen molar-refractivity contribution in [3.8, 4) is 0 Å². The van der Waals surface area contributed by atoms with Gasteiger partial charge in [-0.25, -0.2) is 0 Å². The zero-order valence-electron chi connectivity index (χ0n) is 16.9. The van der Waals surface area contributed by atoms with Gasteiger partial charge in [0.15, 0.2) is 5.96 Å². The van der Waals surface area contributed by atoms with E-state index in [1.807, 2.05) is 0 Å². The molecule has 1 aliphatic carbocycles. The van der Waals surface area contributed by atoms with Gasteiger partial charge in [0, 0.05) is 45.2 Å². The van der Waals surface area contributed by atoms with E-state index in [1.54, 1.807) is 7.05 Å². The van der Waals surface area contributed by atoms with Gasteiger partial charge < -0.3 is 16.0 Å². The van der Waals surface area contributed by atoms with Crippen molar-refractivity contribution in [2.24, 2.45) is 4.99 Å². The summed E-state index contributed by atoms with van der Waals surface area (Å²) in [6, 6.07) is 1.13. The molecule has 6 nitrogen and oxygen atoms in total. The van der Waals surface area contributed by atoms with Gasteiger partial charge >= 0.3 is 0 Å². The van der Waals surface area contributed by atoms with Crippen LogP contribution in [0, 0.1) is 0 Å². The largest absolute Gasteiger partial charge is 0.356 e. The Hall–Kier alpha value is -1.30. The van der Waals surface area contributed by atoms with E-state index in [0.717, 1.165) is 37.9 Å². The third kappa shape index (κ3) is 7.52. The van der Waals surface area contributed by atoms with Crippen LogP contribution in [0.3, 0.4) is 0 Å². The highest BCUT2D eigenvalue weighted by molar-refractivity contribution is 5.81. The molecule has 0 radical (unpaired) electrons. The molecular weight excluding hydrogens is 326 g/mol. The summed E-state index contributed by atoms with van der Waals surface area (Å²) in [7, 11) is 1.78. The number of hydrogen-bond acceptors (Lipinski definition) is 3. The Morgan fingerprint density at radius 2 is 1.77 bits per heavy atom. The first kappa shape index (κ1) is 21.0. The zero-order chi connectivity index (χ0) is 18.6. The van der Waals surface area contributed by atoms with Crippen LogP contribution in [0.15, 0.2) is 4.99 Å². The number of guanidine groups is 1. The van der Waals surface area contributed by atoms with Gasteiger partial charge in [0.25, 0.3) is 0 Å². The van der Waals surface area contributed by atoms with E-state index in [4.69, 9.17) is 0 Å². The highest BCUT2D eigenvalue weighted by Crippen LogP contribution is 2.18. The Morgan fingerprint density at radius 1 is 1.04 bits per heavy atom. The predicted octanol–water partition coefficient (Wildman–Crippen LogP) is 2.25. The highest BCUT2D eigenvalue weighted by Gasteiger charge is 2.20. The fourth-order valence-corrected chi connectivity index (χ4v) is 4.20. The SMILES string of the molecule is CCC1CCCCN1CCNC(=NC)NCCC(=O)NC1CCCCC1. The fourth-order valence-electron chi connectivity index (χ4n) is 4.20. The molecule has 3 N–H and O–H groups in total. The second kappa shape index (κ2) is 12.2. The average molecular weight is 366 g/mol. The molecule has 1 saturated carbocycles. The molecule has 1 atom stereocenters. The third-order valence-corrected chi connectivity index (χ3v) is 5.75. The number of piperidine rings is 1. The van der Waals surface area contributed by atoms with Gasteiger partial charge in [-0.3, -0.25) is 14.7 Å². The van der Waals surface area contributed by atoms with Crippen LogP contribution >= 0.6 is 0 Å². The zero-order valence-corrected chi connectivity index (χ0v) is 16.9. The number of carbonyl (C=O) groups excluding carboxylic acids is 1. The van der Waals surface area contributed by atoms with Crippen molar-refractivity contribution in [2.45, 2.75) is 83.2 Å². The number of likely N-dealkylation sites (tertiary alicyclic amines) is 1. The van der Waals surface area contributed by atoms with Crippen LogP contribution in [-0.2, 0) is 4.79 Å². The van der Waals surface area contributed by atoms with Gasteiger partial charge in [0.05, 0.1) is 0 Å². The van der Waals surface area contributed by atoms with Crippen molar-refractivity contribution in [3.05, 3.63) is 0 Å². The molecule has 1 unspecified atom stereocenters. The minimum Gasteiger partial charge on any atom is -0.356 e. The maximum atomic E-state index is 12.1. The molecule has 1 aliphatic heterocycles. The van der Waals surface area contributed by atoms with Crippen LogP contribution in [0.1, 0.15) is 71.1 Å². The number of hydrogen-bond donors (Lipinski definition) is 3. The minimum atomic E-state index is 0.152. The van der Waals surface area contributed by atoms with Crippen molar-refractivity contribution in [1.82, 2.24) is 20.9 Å². The number of carbonyl (C=O) groups is 1. The minimum absolute atomic E-state index is 0.152. The molecule has 2 rings (SSSR count). The Bertz CT molecular complexity index is 434. The molecular formula is C20H39N5O. The normalized spacial score (nSPS) is 22.8. The van der Waals surface area contributed by atoms with Gasteiger partial charge in [0.2, 0.25) is 5.91 Å². The first-order valence-corrected chi connectivity index (χ1v) is 10.7. The predicted molar refractivity (Wildman–Crippen MR) is 109 cm³/mol. The molecule has 26 heavy (non-hydrogen) atoms. The van der Waals surface area contributed by atoms with Crippen molar-refractivity contribution < 1.29 is 4.79 Å². The molecule has 0 aromatic heterocycles. The number of aliphatic imine (C=N–C) groups is 1. The average Bonchev–Trinajstić information content (AvgIpc) is 2.68. The first-order chi connectivity index (χ1) is 12.7. The standard InChI is InChI=1S/C20H39N5O/c1-3-18-11-7-8-15-25(18)16-14-23-20(21-2)22-13-12-19(26)24-17-9-5-4-6-10-17/h17-18H,3-16H2,1-2H3,(H,24,26)(H2,21,22,23). The lowest BCUT2D eigenvalue weighted by Crippen LogP contribution is -2.46. The fraction of sp³-hybridized carbons (Fsp3) is 0.900. The smallest absolute Gasteiger partial charge is 0.221 e. The van der Waals surface area contributed by atoms with Gasteiger partial charge in [0.1, 0.15) is 0 Å². The van der Waals surface area contributed by atoms with Crippen LogP contribution in [0.25, 0.3) is 0 Å². The molecule has 1 heterocycles. The Kier molecular flexibility index (Phi) is 9.82. The van der Waals surface area contributed by atoms with E-state index >= 15 is 0 Å². The Balaban J connectivity index is 1.57. The maximum Gasteiger partial charge on any atom is 0.221 e. The number of nitrogens with zero attached hydrogens (tertiary/aromatic N) is 2. The second-order valence-electron chi connectivity index (χ2n) is 7.67. The topological polar surface area (TPSA) is 68.8 Å². The molecule has 1 amide bonds. The number of amides is 1. The van der Waals surface area contributed by atoms with Gasteiger partial charge in [-0.2, -0.15) is 0 Å². The van der Waals surface area contributed by atoms with E-state index in [0.29, 0.717) is 19.0 Å². The van der Waals surface area contributed by atoms with Gasteiger partial charge in [-0.15, -0.1) is 0 Å². The summed E-state index contributed by atoms with van der Waals surface area (Å²) in [5, 5.41) is 9.80. The van der Waals surface area contributed by atoms with E-state index in [1.165, 1.54) is 51.5 Å². The summed E-state index contributed by atoms with van der Waals surface area (Å²) < 4.78 is 0. The molecule has 2 aliphatic rings. The number of nitrogens with one attached hydrogen (secondary N) is 3. The van der Waals surface area contributed by atoms with Crippen LogP contribution in [0.5, 0.6) is 0 Å². The van der Waals surface area contributed by atoms with Crippen molar-refractivity contribution in [1.29, 1.82) is 0 Å². The van der Waals surface area contributed by atoms with Gasteiger partial charge in [-0.05, 0) is 38.6 Å². The summed E-state index contributed by atoms with van der Waals surface area (Å²) in [5.41, 5.74) is 0. The molecule has 1 saturated heterocycles. The van der Waals surface area contributed by atoms with Crippen LogP contribution in [0.4, 0.5) is 0 Å². The third-order valence-electron chi connectivity index (χ3n) is 5.75. The lowest BCUT2D eigenvalue weighted by molar-refractivity contribution is -0.121. The van der Waals surface area contributed by atoms with Crippen LogP contribution < -0.4 is 16.0 Å².